The number of carbonyl (C=O) groups excluding carboxylic acids is 1. The van der Waals surface area contributed by atoms with Gasteiger partial charge in [-0.05, 0) is 31.6 Å². The van der Waals surface area contributed by atoms with Crippen LogP contribution in [0.25, 0.3) is 0 Å². The van der Waals surface area contributed by atoms with Crippen molar-refractivity contribution in [2.75, 3.05) is 13.1 Å². The van der Waals surface area contributed by atoms with E-state index in [1.54, 1.807) is 0 Å². The number of hydrogen-bond acceptors (Lipinski definition) is 3. The molecular formula is C13H18N2O2. The van der Waals surface area contributed by atoms with Crippen molar-refractivity contribution in [3.8, 4) is 6.07 Å². The number of nitrogens with zero attached hydrogens (tertiary/aromatic N) is 2. The minimum Gasteiger partial charge on any atom is -0.371 e. The zero-order chi connectivity index (χ0) is 12.0. The number of morpholine rings is 1. The Kier molecular flexibility index (Phi) is 2.41. The van der Waals surface area contributed by atoms with E-state index in [4.69, 9.17) is 4.74 Å². The van der Waals surface area contributed by atoms with Crippen LogP contribution in [0.1, 0.15) is 32.6 Å². The number of likely N-dealkylation sites (tertiary alicyclic amines) is 1. The molecule has 0 spiro atoms. The molecule has 1 amide bonds. The minimum absolute atomic E-state index is 0.0540. The van der Waals surface area contributed by atoms with E-state index in [0.29, 0.717) is 19.0 Å². The van der Waals surface area contributed by atoms with Crippen molar-refractivity contribution in [3.05, 3.63) is 0 Å². The molecule has 92 valence electrons. The lowest BCUT2D eigenvalue weighted by molar-refractivity contribution is -0.153. The summed E-state index contributed by atoms with van der Waals surface area (Å²) in [7, 11) is 0. The van der Waals surface area contributed by atoms with Gasteiger partial charge in [0.2, 0.25) is 5.91 Å². The Morgan fingerprint density at radius 3 is 2.41 bits per heavy atom. The van der Waals surface area contributed by atoms with E-state index in [1.807, 2.05) is 4.90 Å². The third kappa shape index (κ3) is 1.64. The van der Waals surface area contributed by atoms with Crippen molar-refractivity contribution in [1.82, 2.24) is 4.90 Å². The SMILES string of the molecule is CC1CC(C#N)(C(=O)N2CC3CCC(C2)O3)C1. The Labute approximate surface area is 102 Å². The van der Waals surface area contributed by atoms with E-state index in [1.165, 1.54) is 0 Å². The Bertz CT molecular complexity index is 369. The van der Waals surface area contributed by atoms with Crippen LogP contribution < -0.4 is 0 Å². The molecule has 1 aliphatic carbocycles. The summed E-state index contributed by atoms with van der Waals surface area (Å²) in [5.41, 5.74) is -0.712. The average molecular weight is 234 g/mol. The summed E-state index contributed by atoms with van der Waals surface area (Å²) in [5.74, 6) is 0.565. The highest BCUT2D eigenvalue weighted by Crippen LogP contribution is 2.46. The molecule has 2 saturated heterocycles. The summed E-state index contributed by atoms with van der Waals surface area (Å²) in [5, 5.41) is 9.27. The Hall–Kier alpha value is -1.08. The van der Waals surface area contributed by atoms with Crippen LogP contribution in [-0.4, -0.2) is 36.1 Å². The monoisotopic (exact) mass is 234 g/mol. The van der Waals surface area contributed by atoms with Gasteiger partial charge in [0.05, 0.1) is 18.3 Å². The summed E-state index contributed by atoms with van der Waals surface area (Å²) in [4.78, 5) is 14.3. The van der Waals surface area contributed by atoms with Gasteiger partial charge in [0.25, 0.3) is 0 Å². The number of hydrogen-bond donors (Lipinski definition) is 0. The van der Waals surface area contributed by atoms with Gasteiger partial charge in [-0.25, -0.2) is 0 Å². The molecule has 0 aromatic carbocycles. The predicted octanol–water partition coefficient (Wildman–Crippen LogP) is 1.32. The van der Waals surface area contributed by atoms with Gasteiger partial charge in [0.15, 0.2) is 0 Å². The third-order valence-corrected chi connectivity index (χ3v) is 4.35. The molecule has 3 rings (SSSR count). The van der Waals surface area contributed by atoms with Gasteiger partial charge in [0, 0.05) is 13.1 Å². The zero-order valence-electron chi connectivity index (χ0n) is 10.2. The van der Waals surface area contributed by atoms with Crippen molar-refractivity contribution >= 4 is 5.91 Å². The number of ether oxygens (including phenoxy) is 1. The van der Waals surface area contributed by atoms with Gasteiger partial charge >= 0.3 is 0 Å². The van der Waals surface area contributed by atoms with Crippen LogP contribution in [0.15, 0.2) is 0 Å². The van der Waals surface area contributed by atoms with Gasteiger partial charge in [-0.1, -0.05) is 6.92 Å². The fourth-order valence-corrected chi connectivity index (χ4v) is 3.53. The van der Waals surface area contributed by atoms with Crippen molar-refractivity contribution in [1.29, 1.82) is 5.26 Å². The van der Waals surface area contributed by atoms with E-state index in [-0.39, 0.29) is 18.1 Å². The maximum Gasteiger partial charge on any atom is 0.243 e. The number of carbonyl (C=O) groups is 1. The quantitative estimate of drug-likeness (QED) is 0.687. The summed E-state index contributed by atoms with van der Waals surface area (Å²) < 4.78 is 5.72. The molecule has 0 aromatic rings. The first kappa shape index (κ1) is 11.0. The van der Waals surface area contributed by atoms with Gasteiger partial charge in [-0.15, -0.1) is 0 Å². The van der Waals surface area contributed by atoms with Crippen LogP contribution in [0.2, 0.25) is 0 Å². The highest BCUT2D eigenvalue weighted by Gasteiger charge is 2.52. The molecule has 4 heteroatoms. The molecule has 17 heavy (non-hydrogen) atoms. The normalized spacial score (nSPS) is 44.0. The first-order chi connectivity index (χ1) is 8.13. The molecule has 0 radical (unpaired) electrons. The topological polar surface area (TPSA) is 53.3 Å². The van der Waals surface area contributed by atoms with E-state index in [0.717, 1.165) is 25.7 Å². The summed E-state index contributed by atoms with van der Waals surface area (Å²) in [6.45, 7) is 3.48. The van der Waals surface area contributed by atoms with Gasteiger partial charge in [-0.2, -0.15) is 5.26 Å². The van der Waals surface area contributed by atoms with Gasteiger partial charge in [-0.3, -0.25) is 4.79 Å². The second kappa shape index (κ2) is 3.71. The molecule has 0 aromatic heterocycles. The number of fused-ring (bicyclic) bond motifs is 2. The smallest absolute Gasteiger partial charge is 0.243 e. The summed E-state index contributed by atoms with van der Waals surface area (Å²) in [6.07, 6.45) is 4.01. The second-order valence-corrected chi connectivity index (χ2v) is 5.87. The average Bonchev–Trinajstić information content (AvgIpc) is 2.63. The molecule has 4 nitrogen and oxygen atoms in total. The van der Waals surface area contributed by atoms with Gasteiger partial charge in [0.1, 0.15) is 5.41 Å². The van der Waals surface area contributed by atoms with E-state index >= 15 is 0 Å². The Morgan fingerprint density at radius 2 is 1.94 bits per heavy atom. The minimum atomic E-state index is -0.712. The lowest BCUT2D eigenvalue weighted by Crippen LogP contribution is -2.55. The first-order valence-corrected chi connectivity index (χ1v) is 6.49. The fraction of sp³-hybridized carbons (Fsp3) is 0.846. The number of nitriles is 1. The first-order valence-electron chi connectivity index (χ1n) is 6.49. The maximum atomic E-state index is 12.4. The van der Waals surface area contributed by atoms with Gasteiger partial charge < -0.3 is 9.64 Å². The molecule has 2 unspecified atom stereocenters. The molecule has 2 aliphatic heterocycles. The molecule has 2 heterocycles. The Balaban J connectivity index is 1.72. The standard InChI is InChI=1S/C13H18N2O2/c1-9-4-13(5-9,8-14)12(16)15-6-10-2-3-11(7-15)17-10/h9-11H,2-7H2,1H3. The van der Waals surface area contributed by atoms with Crippen LogP contribution in [0.5, 0.6) is 0 Å². The second-order valence-electron chi connectivity index (χ2n) is 5.87. The van der Waals surface area contributed by atoms with Crippen LogP contribution in [0.4, 0.5) is 0 Å². The van der Waals surface area contributed by atoms with E-state index < -0.39 is 5.41 Å². The van der Waals surface area contributed by atoms with E-state index in [2.05, 4.69) is 13.0 Å². The molecular weight excluding hydrogens is 216 g/mol. The zero-order valence-corrected chi connectivity index (χ0v) is 10.2. The Morgan fingerprint density at radius 1 is 1.35 bits per heavy atom. The van der Waals surface area contributed by atoms with Crippen molar-refractivity contribution < 1.29 is 9.53 Å². The summed E-state index contributed by atoms with van der Waals surface area (Å²) >= 11 is 0. The van der Waals surface area contributed by atoms with Crippen molar-refractivity contribution in [2.45, 2.75) is 44.8 Å². The molecule has 1 saturated carbocycles. The molecule has 3 fully saturated rings. The van der Waals surface area contributed by atoms with E-state index in [9.17, 15) is 10.1 Å². The maximum absolute atomic E-state index is 12.4. The van der Waals surface area contributed by atoms with Crippen LogP contribution in [0.3, 0.4) is 0 Å². The lowest BCUT2D eigenvalue weighted by atomic mass is 9.62. The largest absolute Gasteiger partial charge is 0.371 e. The number of rotatable bonds is 1. The predicted molar refractivity (Wildman–Crippen MR) is 60.9 cm³/mol. The molecule has 3 aliphatic rings. The molecule has 2 bridgehead atoms. The number of amides is 1. The van der Waals surface area contributed by atoms with Crippen molar-refractivity contribution in [3.63, 3.8) is 0 Å². The van der Waals surface area contributed by atoms with Crippen LogP contribution in [0, 0.1) is 22.7 Å². The molecule has 0 N–H and O–H groups in total. The summed E-state index contributed by atoms with van der Waals surface area (Å²) in [6, 6.07) is 2.26. The lowest BCUT2D eigenvalue weighted by Gasteiger charge is -2.44. The van der Waals surface area contributed by atoms with Crippen LogP contribution >= 0.6 is 0 Å². The third-order valence-electron chi connectivity index (χ3n) is 4.35. The van der Waals surface area contributed by atoms with Crippen molar-refractivity contribution in [2.24, 2.45) is 11.3 Å². The highest BCUT2D eigenvalue weighted by atomic mass is 16.5. The highest BCUT2D eigenvalue weighted by molar-refractivity contribution is 5.86. The fourth-order valence-electron chi connectivity index (χ4n) is 3.53. The van der Waals surface area contributed by atoms with Crippen LogP contribution in [-0.2, 0) is 9.53 Å². The molecule has 2 atom stereocenters.